The predicted octanol–water partition coefficient (Wildman–Crippen LogP) is 0.446. The number of carbonyl (C=O) groups is 1. The highest BCUT2D eigenvalue weighted by Gasteiger charge is 2.36. The SMILES string of the molecule is CCOC(=O)C(C#N)C(c1ccc2c(c1)OCO2)N(CCO)CCO. The Balaban J connectivity index is 2.43. The van der Waals surface area contributed by atoms with Crippen molar-refractivity contribution in [2.24, 2.45) is 5.92 Å². The third-order valence-corrected chi connectivity index (χ3v) is 3.90. The van der Waals surface area contributed by atoms with E-state index in [2.05, 4.69) is 0 Å². The van der Waals surface area contributed by atoms with Crippen molar-refractivity contribution in [2.45, 2.75) is 13.0 Å². The maximum atomic E-state index is 12.3. The smallest absolute Gasteiger partial charge is 0.325 e. The summed E-state index contributed by atoms with van der Waals surface area (Å²) in [5.74, 6) is -0.647. The summed E-state index contributed by atoms with van der Waals surface area (Å²) in [5, 5.41) is 28.3. The summed E-state index contributed by atoms with van der Waals surface area (Å²) < 4.78 is 15.7. The van der Waals surface area contributed by atoms with Crippen molar-refractivity contribution >= 4 is 5.97 Å². The van der Waals surface area contributed by atoms with Crippen molar-refractivity contribution < 1.29 is 29.2 Å². The molecule has 0 bridgehead atoms. The minimum atomic E-state index is -1.11. The van der Waals surface area contributed by atoms with Crippen LogP contribution in [0.25, 0.3) is 0 Å². The number of hydrogen-bond acceptors (Lipinski definition) is 8. The van der Waals surface area contributed by atoms with E-state index in [1.54, 1.807) is 30.0 Å². The molecule has 25 heavy (non-hydrogen) atoms. The van der Waals surface area contributed by atoms with Crippen LogP contribution >= 0.6 is 0 Å². The molecule has 1 aliphatic rings. The van der Waals surface area contributed by atoms with Crippen LogP contribution in [0, 0.1) is 17.2 Å². The molecule has 0 saturated heterocycles. The van der Waals surface area contributed by atoms with Gasteiger partial charge in [0, 0.05) is 13.1 Å². The van der Waals surface area contributed by atoms with E-state index < -0.39 is 17.9 Å². The van der Waals surface area contributed by atoms with E-state index >= 15 is 0 Å². The van der Waals surface area contributed by atoms with Crippen LogP contribution in [0.4, 0.5) is 0 Å². The number of hydrogen-bond donors (Lipinski definition) is 2. The minimum absolute atomic E-state index is 0.111. The van der Waals surface area contributed by atoms with Crippen molar-refractivity contribution in [1.82, 2.24) is 4.90 Å². The number of ether oxygens (including phenoxy) is 3. The molecule has 1 aromatic rings. The van der Waals surface area contributed by atoms with Gasteiger partial charge < -0.3 is 24.4 Å². The lowest BCUT2D eigenvalue weighted by Gasteiger charge is -2.33. The number of aliphatic hydroxyl groups excluding tert-OH is 2. The van der Waals surface area contributed by atoms with E-state index in [0.29, 0.717) is 17.1 Å². The molecule has 1 heterocycles. The van der Waals surface area contributed by atoms with Gasteiger partial charge >= 0.3 is 5.97 Å². The van der Waals surface area contributed by atoms with Crippen LogP contribution in [0.5, 0.6) is 11.5 Å². The molecule has 0 fully saturated rings. The second-order valence-corrected chi connectivity index (χ2v) is 5.40. The van der Waals surface area contributed by atoms with Gasteiger partial charge in [-0.15, -0.1) is 0 Å². The third-order valence-electron chi connectivity index (χ3n) is 3.90. The maximum Gasteiger partial charge on any atom is 0.325 e. The topological polar surface area (TPSA) is 112 Å². The molecule has 1 aromatic carbocycles. The van der Waals surface area contributed by atoms with Gasteiger partial charge in [0.2, 0.25) is 6.79 Å². The molecule has 1 aliphatic heterocycles. The molecule has 0 spiro atoms. The van der Waals surface area contributed by atoms with Crippen molar-refractivity contribution in [2.75, 3.05) is 39.7 Å². The van der Waals surface area contributed by atoms with E-state index in [4.69, 9.17) is 14.2 Å². The Kier molecular flexibility index (Phi) is 7.01. The fourth-order valence-corrected chi connectivity index (χ4v) is 2.84. The molecule has 0 aliphatic carbocycles. The van der Waals surface area contributed by atoms with Gasteiger partial charge in [0.25, 0.3) is 0 Å². The van der Waals surface area contributed by atoms with Crippen LogP contribution in [-0.4, -0.2) is 60.8 Å². The van der Waals surface area contributed by atoms with Crippen molar-refractivity contribution in [3.63, 3.8) is 0 Å². The molecule has 2 unspecified atom stereocenters. The first-order chi connectivity index (χ1) is 12.2. The first-order valence-corrected chi connectivity index (χ1v) is 8.07. The second-order valence-electron chi connectivity index (χ2n) is 5.40. The molecule has 2 atom stereocenters. The number of rotatable bonds is 9. The summed E-state index contributed by atoms with van der Waals surface area (Å²) in [6.07, 6.45) is 0. The fraction of sp³-hybridized carbons (Fsp3) is 0.529. The molecular weight excluding hydrogens is 328 g/mol. The quantitative estimate of drug-likeness (QED) is 0.617. The lowest BCUT2D eigenvalue weighted by atomic mass is 9.92. The lowest BCUT2D eigenvalue weighted by molar-refractivity contribution is -0.148. The average molecular weight is 350 g/mol. The highest BCUT2D eigenvalue weighted by Crippen LogP contribution is 2.38. The average Bonchev–Trinajstić information content (AvgIpc) is 3.07. The molecule has 136 valence electrons. The Morgan fingerprint density at radius 1 is 1.32 bits per heavy atom. The monoisotopic (exact) mass is 350 g/mol. The van der Waals surface area contributed by atoms with Crippen LogP contribution < -0.4 is 9.47 Å². The third kappa shape index (κ3) is 4.39. The number of aliphatic hydroxyl groups is 2. The summed E-state index contributed by atoms with van der Waals surface area (Å²) in [7, 11) is 0. The molecule has 2 N–H and O–H groups in total. The lowest BCUT2D eigenvalue weighted by Crippen LogP contribution is -2.40. The highest BCUT2D eigenvalue weighted by atomic mass is 16.7. The standard InChI is InChI=1S/C17H22N2O6/c1-2-23-17(22)13(10-18)16(19(5-7-20)6-8-21)12-3-4-14-15(9-12)25-11-24-14/h3-4,9,13,16,20-21H,2,5-8,11H2,1H3. The van der Waals surface area contributed by atoms with Gasteiger partial charge in [0.15, 0.2) is 17.4 Å². The van der Waals surface area contributed by atoms with Gasteiger partial charge in [-0.05, 0) is 24.6 Å². The molecular formula is C17H22N2O6. The Bertz CT molecular complexity index is 624. The number of nitriles is 1. The summed E-state index contributed by atoms with van der Waals surface area (Å²) in [6.45, 7) is 1.96. The summed E-state index contributed by atoms with van der Waals surface area (Å²) in [5.41, 5.74) is 0.644. The zero-order chi connectivity index (χ0) is 18.2. The number of nitrogens with zero attached hydrogens (tertiary/aromatic N) is 2. The first-order valence-electron chi connectivity index (χ1n) is 8.07. The van der Waals surface area contributed by atoms with Gasteiger partial charge in [0.05, 0.1) is 31.9 Å². The molecule has 0 amide bonds. The van der Waals surface area contributed by atoms with Crippen LogP contribution in [0.3, 0.4) is 0 Å². The number of benzene rings is 1. The summed E-state index contributed by atoms with van der Waals surface area (Å²) in [4.78, 5) is 14.0. The van der Waals surface area contributed by atoms with Gasteiger partial charge in [-0.2, -0.15) is 5.26 Å². The zero-order valence-electron chi connectivity index (χ0n) is 14.1. The van der Waals surface area contributed by atoms with Gasteiger partial charge in [-0.1, -0.05) is 6.07 Å². The molecule has 8 nitrogen and oxygen atoms in total. The number of esters is 1. The Hall–Kier alpha value is -2.34. The van der Waals surface area contributed by atoms with E-state index in [9.17, 15) is 20.3 Å². The maximum absolute atomic E-state index is 12.3. The summed E-state index contributed by atoms with van der Waals surface area (Å²) in [6, 6.07) is 6.46. The first kappa shape index (κ1) is 19.0. The van der Waals surface area contributed by atoms with E-state index in [-0.39, 0.29) is 39.7 Å². The van der Waals surface area contributed by atoms with E-state index in [1.807, 2.05) is 6.07 Å². The van der Waals surface area contributed by atoms with Crippen molar-refractivity contribution in [3.05, 3.63) is 23.8 Å². The predicted molar refractivity (Wildman–Crippen MR) is 86.8 cm³/mol. The number of fused-ring (bicyclic) bond motifs is 1. The molecule has 0 saturated carbocycles. The van der Waals surface area contributed by atoms with Crippen molar-refractivity contribution in [1.29, 1.82) is 5.26 Å². The molecule has 2 rings (SSSR count). The second kappa shape index (κ2) is 9.22. The normalized spacial score (nSPS) is 14.8. The molecule has 8 heteroatoms. The van der Waals surface area contributed by atoms with Crippen LogP contribution in [0.2, 0.25) is 0 Å². The van der Waals surface area contributed by atoms with E-state index in [0.717, 1.165) is 0 Å². The van der Waals surface area contributed by atoms with Crippen LogP contribution in [0.1, 0.15) is 18.5 Å². The largest absolute Gasteiger partial charge is 0.465 e. The van der Waals surface area contributed by atoms with E-state index in [1.165, 1.54) is 0 Å². The summed E-state index contributed by atoms with van der Waals surface area (Å²) >= 11 is 0. The minimum Gasteiger partial charge on any atom is -0.465 e. The molecule has 0 aromatic heterocycles. The molecule has 0 radical (unpaired) electrons. The van der Waals surface area contributed by atoms with Gasteiger partial charge in [0.1, 0.15) is 0 Å². The van der Waals surface area contributed by atoms with Gasteiger partial charge in [-0.3, -0.25) is 9.69 Å². The van der Waals surface area contributed by atoms with Crippen LogP contribution in [-0.2, 0) is 9.53 Å². The fourth-order valence-electron chi connectivity index (χ4n) is 2.84. The highest BCUT2D eigenvalue weighted by molar-refractivity contribution is 5.76. The Labute approximate surface area is 146 Å². The Morgan fingerprint density at radius 2 is 2.00 bits per heavy atom. The van der Waals surface area contributed by atoms with Crippen molar-refractivity contribution in [3.8, 4) is 17.6 Å². The van der Waals surface area contributed by atoms with Gasteiger partial charge in [-0.25, -0.2) is 0 Å². The Morgan fingerprint density at radius 3 is 2.60 bits per heavy atom. The number of carbonyl (C=O) groups excluding carboxylic acids is 1. The van der Waals surface area contributed by atoms with Crippen LogP contribution in [0.15, 0.2) is 18.2 Å². The zero-order valence-corrected chi connectivity index (χ0v) is 14.1.